The van der Waals surface area contributed by atoms with Crippen LogP contribution < -0.4 is 14.4 Å². The van der Waals surface area contributed by atoms with E-state index in [0.29, 0.717) is 23.7 Å². The summed E-state index contributed by atoms with van der Waals surface area (Å²) in [6, 6.07) is 20.5. The lowest BCUT2D eigenvalue weighted by Gasteiger charge is -2.24. The van der Waals surface area contributed by atoms with E-state index in [1.165, 1.54) is 12.1 Å². The van der Waals surface area contributed by atoms with Crippen LogP contribution in [0.2, 0.25) is 0 Å². The molecule has 31 heavy (non-hydrogen) atoms. The number of carbonyl (C=O) groups is 1. The maximum Gasteiger partial charge on any atom is 0.264 e. The molecule has 7 heteroatoms. The van der Waals surface area contributed by atoms with Crippen molar-refractivity contribution >= 4 is 27.3 Å². The molecule has 1 N–H and O–H groups in total. The summed E-state index contributed by atoms with van der Waals surface area (Å²) >= 11 is 0. The number of nitrogens with one attached hydrogen (secondary N) is 1. The van der Waals surface area contributed by atoms with Crippen LogP contribution in [0.25, 0.3) is 0 Å². The molecule has 3 rings (SSSR count). The largest absolute Gasteiger partial charge is 0.494 e. The topological polar surface area (TPSA) is 75.7 Å². The number of benzene rings is 3. The molecule has 6 nitrogen and oxygen atoms in total. The van der Waals surface area contributed by atoms with Gasteiger partial charge in [0, 0.05) is 5.69 Å². The third-order valence-electron chi connectivity index (χ3n) is 4.80. The number of hydrogen-bond acceptors (Lipinski definition) is 4. The van der Waals surface area contributed by atoms with Crippen LogP contribution in [-0.4, -0.2) is 27.5 Å². The van der Waals surface area contributed by atoms with E-state index in [2.05, 4.69) is 5.32 Å². The van der Waals surface area contributed by atoms with Gasteiger partial charge in [-0.15, -0.1) is 0 Å². The van der Waals surface area contributed by atoms with Crippen molar-refractivity contribution in [2.24, 2.45) is 0 Å². The first-order valence-corrected chi connectivity index (χ1v) is 11.4. The highest BCUT2D eigenvalue weighted by atomic mass is 32.2. The van der Waals surface area contributed by atoms with E-state index < -0.39 is 15.9 Å². The average Bonchev–Trinajstić information content (AvgIpc) is 2.76. The van der Waals surface area contributed by atoms with E-state index in [1.54, 1.807) is 42.5 Å². The Morgan fingerprint density at radius 1 is 0.903 bits per heavy atom. The molecule has 0 radical (unpaired) electrons. The van der Waals surface area contributed by atoms with Crippen LogP contribution in [0.4, 0.5) is 11.4 Å². The normalized spacial score (nSPS) is 11.1. The second-order valence-electron chi connectivity index (χ2n) is 7.07. The highest BCUT2D eigenvalue weighted by Crippen LogP contribution is 2.26. The minimum absolute atomic E-state index is 0.0830. The molecule has 0 unspecified atom stereocenters. The number of carbonyl (C=O) groups excluding carboxylic acids is 1. The second-order valence-corrected chi connectivity index (χ2v) is 8.93. The van der Waals surface area contributed by atoms with Gasteiger partial charge in [-0.1, -0.05) is 36.4 Å². The van der Waals surface area contributed by atoms with Crippen LogP contribution in [-0.2, 0) is 14.8 Å². The van der Waals surface area contributed by atoms with E-state index >= 15 is 0 Å². The summed E-state index contributed by atoms with van der Waals surface area (Å²) < 4.78 is 33.4. The van der Waals surface area contributed by atoms with Crippen LogP contribution in [0.1, 0.15) is 18.1 Å². The molecular weight excluding hydrogens is 412 g/mol. The maximum absolute atomic E-state index is 13.4. The number of sulfonamides is 1. The number of para-hydroxylation sites is 2. The molecule has 0 bridgehead atoms. The predicted molar refractivity (Wildman–Crippen MR) is 123 cm³/mol. The average molecular weight is 439 g/mol. The quantitative estimate of drug-likeness (QED) is 0.560. The zero-order valence-corrected chi connectivity index (χ0v) is 18.6. The smallest absolute Gasteiger partial charge is 0.264 e. The Hall–Kier alpha value is -3.32. The van der Waals surface area contributed by atoms with Crippen molar-refractivity contribution in [1.29, 1.82) is 0 Å². The number of hydrogen-bond donors (Lipinski definition) is 1. The fourth-order valence-electron chi connectivity index (χ4n) is 3.23. The number of aryl methyl sites for hydroxylation is 2. The molecule has 0 fully saturated rings. The lowest BCUT2D eigenvalue weighted by Crippen LogP contribution is -2.38. The Morgan fingerprint density at radius 3 is 2.10 bits per heavy atom. The summed E-state index contributed by atoms with van der Waals surface area (Å²) in [5, 5.41) is 2.86. The van der Waals surface area contributed by atoms with Crippen molar-refractivity contribution in [3.05, 3.63) is 83.9 Å². The van der Waals surface area contributed by atoms with Gasteiger partial charge in [0.15, 0.2) is 0 Å². The third-order valence-corrected chi connectivity index (χ3v) is 6.59. The summed E-state index contributed by atoms with van der Waals surface area (Å²) in [4.78, 5) is 13.0. The standard InChI is InChI=1S/C24H26N2O4S/c1-4-30-21-13-15-22(16-14-21)31(28,29)26(20-11-6-5-7-12-20)17-23(27)25-24-18(2)9-8-10-19(24)3/h5-16H,4,17H2,1-3H3,(H,25,27). The van der Waals surface area contributed by atoms with Gasteiger partial charge in [0.05, 0.1) is 17.2 Å². The molecule has 0 aliphatic heterocycles. The second kappa shape index (κ2) is 9.66. The van der Waals surface area contributed by atoms with Gasteiger partial charge in [0.25, 0.3) is 10.0 Å². The Kier molecular flexibility index (Phi) is 6.97. The van der Waals surface area contributed by atoms with Crippen LogP contribution in [0.15, 0.2) is 77.7 Å². The minimum Gasteiger partial charge on any atom is -0.494 e. The Labute approximate surface area is 183 Å². The molecule has 3 aromatic carbocycles. The highest BCUT2D eigenvalue weighted by molar-refractivity contribution is 7.92. The van der Waals surface area contributed by atoms with Crippen molar-refractivity contribution in [2.45, 2.75) is 25.7 Å². The molecule has 1 amide bonds. The molecule has 0 heterocycles. The van der Waals surface area contributed by atoms with Gasteiger partial charge < -0.3 is 10.1 Å². The molecule has 0 aliphatic rings. The maximum atomic E-state index is 13.4. The lowest BCUT2D eigenvalue weighted by atomic mass is 10.1. The van der Waals surface area contributed by atoms with Gasteiger partial charge in [-0.3, -0.25) is 9.10 Å². The van der Waals surface area contributed by atoms with Crippen molar-refractivity contribution in [3.63, 3.8) is 0 Å². The zero-order valence-electron chi connectivity index (χ0n) is 17.8. The van der Waals surface area contributed by atoms with Gasteiger partial charge in [-0.25, -0.2) is 8.42 Å². The Bertz CT molecular complexity index is 1120. The van der Waals surface area contributed by atoms with E-state index in [1.807, 2.05) is 39.0 Å². The third kappa shape index (κ3) is 5.24. The summed E-state index contributed by atoms with van der Waals surface area (Å²) in [5.41, 5.74) is 2.93. The van der Waals surface area contributed by atoms with Gasteiger partial charge in [0.2, 0.25) is 5.91 Å². The van der Waals surface area contributed by atoms with Gasteiger partial charge in [-0.2, -0.15) is 0 Å². The molecule has 162 valence electrons. The fraction of sp³-hybridized carbons (Fsp3) is 0.208. The highest BCUT2D eigenvalue weighted by Gasteiger charge is 2.27. The Morgan fingerprint density at radius 2 is 1.52 bits per heavy atom. The first-order valence-electron chi connectivity index (χ1n) is 9.99. The van der Waals surface area contributed by atoms with Gasteiger partial charge in [0.1, 0.15) is 12.3 Å². The van der Waals surface area contributed by atoms with E-state index in [4.69, 9.17) is 4.74 Å². The van der Waals surface area contributed by atoms with Gasteiger partial charge in [-0.05, 0) is 68.3 Å². The molecule has 0 saturated carbocycles. The number of nitrogens with zero attached hydrogens (tertiary/aromatic N) is 1. The van der Waals surface area contributed by atoms with Crippen molar-refractivity contribution in [3.8, 4) is 5.75 Å². The van der Waals surface area contributed by atoms with Crippen LogP contribution >= 0.6 is 0 Å². The van der Waals surface area contributed by atoms with Crippen LogP contribution in [0, 0.1) is 13.8 Å². The first-order chi connectivity index (χ1) is 14.8. The number of ether oxygens (including phenoxy) is 1. The number of amides is 1. The molecule has 3 aromatic rings. The minimum atomic E-state index is -3.98. The number of anilines is 2. The van der Waals surface area contributed by atoms with E-state index in [9.17, 15) is 13.2 Å². The molecule has 0 spiro atoms. The summed E-state index contributed by atoms with van der Waals surface area (Å²) in [6.07, 6.45) is 0. The zero-order chi connectivity index (χ0) is 22.4. The monoisotopic (exact) mass is 438 g/mol. The molecule has 0 aromatic heterocycles. The van der Waals surface area contributed by atoms with Crippen LogP contribution in [0.3, 0.4) is 0 Å². The van der Waals surface area contributed by atoms with E-state index in [-0.39, 0.29) is 11.4 Å². The summed E-state index contributed by atoms with van der Waals surface area (Å²) in [7, 11) is -3.98. The SMILES string of the molecule is CCOc1ccc(S(=O)(=O)N(CC(=O)Nc2c(C)cccc2C)c2ccccc2)cc1. The number of rotatable bonds is 8. The molecule has 0 atom stereocenters. The van der Waals surface area contributed by atoms with E-state index in [0.717, 1.165) is 15.4 Å². The fourth-order valence-corrected chi connectivity index (χ4v) is 4.65. The summed E-state index contributed by atoms with van der Waals surface area (Å²) in [5.74, 6) is 0.163. The lowest BCUT2D eigenvalue weighted by molar-refractivity contribution is -0.114. The van der Waals surface area contributed by atoms with Gasteiger partial charge >= 0.3 is 0 Å². The van der Waals surface area contributed by atoms with Crippen molar-refractivity contribution in [2.75, 3.05) is 22.8 Å². The first kappa shape index (κ1) is 22.4. The molecule has 0 saturated heterocycles. The molecular formula is C24H26N2O4S. The van der Waals surface area contributed by atoms with Crippen LogP contribution in [0.5, 0.6) is 5.75 Å². The van der Waals surface area contributed by atoms with Crippen molar-refractivity contribution in [1.82, 2.24) is 0 Å². The predicted octanol–water partition coefficient (Wildman–Crippen LogP) is 4.54. The summed E-state index contributed by atoms with van der Waals surface area (Å²) in [6.45, 7) is 5.78. The molecule has 0 aliphatic carbocycles. The van der Waals surface area contributed by atoms with Crippen molar-refractivity contribution < 1.29 is 17.9 Å². The Balaban J connectivity index is 1.92.